The summed E-state index contributed by atoms with van der Waals surface area (Å²) in [7, 11) is 1.62. The lowest BCUT2D eigenvalue weighted by Gasteiger charge is -2.15. The summed E-state index contributed by atoms with van der Waals surface area (Å²) in [5.41, 5.74) is 2.09. The normalized spacial score (nSPS) is 11.4. The number of aromatic nitrogens is 1. The number of aliphatic carboxylic acids is 2. The van der Waals surface area contributed by atoms with Gasteiger partial charge in [-0.25, -0.2) is 0 Å². The van der Waals surface area contributed by atoms with Gasteiger partial charge in [0, 0.05) is 29.4 Å². The van der Waals surface area contributed by atoms with Gasteiger partial charge < -0.3 is 49.4 Å². The van der Waals surface area contributed by atoms with Crippen molar-refractivity contribution in [2.45, 2.75) is 6.10 Å². The van der Waals surface area contributed by atoms with Crippen molar-refractivity contribution >= 4 is 33.7 Å². The van der Waals surface area contributed by atoms with Crippen LogP contribution in [0, 0.1) is 0 Å². The van der Waals surface area contributed by atoms with Gasteiger partial charge in [0.1, 0.15) is 25.1 Å². The lowest BCUT2D eigenvalue weighted by Crippen LogP contribution is -2.42. The fourth-order valence-electron chi connectivity index (χ4n) is 3.47. The van der Waals surface area contributed by atoms with Gasteiger partial charge in [0.05, 0.1) is 24.6 Å². The second-order valence-corrected chi connectivity index (χ2v) is 7.59. The zero-order chi connectivity index (χ0) is 25.9. The molecule has 1 atom stereocenters. The van der Waals surface area contributed by atoms with E-state index in [-0.39, 0.29) is 6.61 Å². The minimum atomic E-state index is -2.19. The largest absolute Gasteiger partial charge is 0.543 e. The number of fused-ring (bicyclic) bond motifs is 3. The zero-order valence-electron chi connectivity index (χ0n) is 19.6. The maximum atomic E-state index is 10.3. The molecule has 3 N–H and O–H groups in total. The molecule has 0 fully saturated rings. The van der Waals surface area contributed by atoms with Crippen molar-refractivity contribution in [3.05, 3.63) is 66.7 Å². The summed E-state index contributed by atoms with van der Waals surface area (Å²) in [4.78, 5) is 21.3. The van der Waals surface area contributed by atoms with E-state index in [2.05, 4.69) is 16.4 Å². The maximum Gasteiger partial charge on any atom is 0.161 e. The number of nitrogens with one attached hydrogen (secondary N) is 2. The number of carbonyl (C=O) groups is 2. The van der Waals surface area contributed by atoms with E-state index in [4.69, 9.17) is 34.0 Å². The first-order valence-corrected chi connectivity index (χ1v) is 11.1. The minimum Gasteiger partial charge on any atom is -0.543 e. The van der Waals surface area contributed by atoms with Crippen molar-refractivity contribution in [3.63, 3.8) is 0 Å². The third kappa shape index (κ3) is 7.11. The molecular formula is C26H26N2O8-2. The lowest BCUT2D eigenvalue weighted by molar-refractivity contribution is -0.345. The standard InChI is InChI=1S/C24H26N2O4.C2H2O4/c1-28-21-10-4-5-11-22(21)29-14-13-25-15-17(27)16-30-23-12-6-9-20-24(23)18-7-2-3-8-19(18)26-20;3-1(4)2(5)6/h2-12,17,25-27H,13-16H2,1H3;(H,3,4)(H,5,6)/p-2. The molecule has 0 aliphatic rings. The summed E-state index contributed by atoms with van der Waals surface area (Å²) >= 11 is 0. The quantitative estimate of drug-likeness (QED) is 0.207. The van der Waals surface area contributed by atoms with Crippen LogP contribution in [-0.4, -0.2) is 61.5 Å². The number of carboxylic acid groups (broad SMARTS) is 2. The predicted octanol–water partition coefficient (Wildman–Crippen LogP) is 0.224. The molecule has 10 nitrogen and oxygen atoms in total. The van der Waals surface area contributed by atoms with Crippen LogP contribution in [0.4, 0.5) is 0 Å². The number of ether oxygens (including phenoxy) is 3. The van der Waals surface area contributed by atoms with E-state index >= 15 is 0 Å². The summed E-state index contributed by atoms with van der Waals surface area (Å²) in [5.74, 6) is -2.19. The number of para-hydroxylation sites is 3. The number of rotatable bonds is 10. The summed E-state index contributed by atoms with van der Waals surface area (Å²) in [6, 6.07) is 21.6. The Labute approximate surface area is 207 Å². The molecule has 190 valence electrons. The first kappa shape index (κ1) is 26.3. The highest BCUT2D eigenvalue weighted by Crippen LogP contribution is 2.33. The first-order chi connectivity index (χ1) is 17.4. The Morgan fingerprint density at radius 2 is 1.53 bits per heavy atom. The summed E-state index contributed by atoms with van der Waals surface area (Å²) in [6.45, 7) is 1.70. The van der Waals surface area contributed by atoms with E-state index in [1.54, 1.807) is 7.11 Å². The van der Waals surface area contributed by atoms with Crippen LogP contribution in [0.5, 0.6) is 17.2 Å². The van der Waals surface area contributed by atoms with Gasteiger partial charge in [0.25, 0.3) is 0 Å². The van der Waals surface area contributed by atoms with E-state index in [9.17, 15) is 5.11 Å². The van der Waals surface area contributed by atoms with Crippen molar-refractivity contribution in [1.82, 2.24) is 10.3 Å². The van der Waals surface area contributed by atoms with Crippen molar-refractivity contribution in [3.8, 4) is 17.2 Å². The molecule has 4 aromatic rings. The minimum absolute atomic E-state index is 0.207. The van der Waals surface area contributed by atoms with E-state index in [0.717, 1.165) is 27.6 Å². The van der Waals surface area contributed by atoms with Crippen molar-refractivity contribution in [1.29, 1.82) is 0 Å². The zero-order valence-corrected chi connectivity index (χ0v) is 19.6. The molecular weight excluding hydrogens is 468 g/mol. The van der Waals surface area contributed by atoms with Crippen LogP contribution >= 0.6 is 0 Å². The number of benzene rings is 3. The molecule has 0 spiro atoms. The van der Waals surface area contributed by atoms with Crippen LogP contribution in [0.3, 0.4) is 0 Å². The number of methoxy groups -OCH3 is 1. The van der Waals surface area contributed by atoms with Crippen molar-refractivity contribution in [2.24, 2.45) is 0 Å². The SMILES string of the molecule is COc1ccccc1OCCNCC(O)COc1cccc2[nH]c3ccccc3c12.O=C([O-])C(=O)[O-]. The molecule has 0 aliphatic carbocycles. The number of hydrogen-bond acceptors (Lipinski definition) is 9. The van der Waals surface area contributed by atoms with Crippen LogP contribution < -0.4 is 29.7 Å². The fraction of sp³-hybridized carbons (Fsp3) is 0.231. The van der Waals surface area contributed by atoms with Crippen LogP contribution in [0.2, 0.25) is 0 Å². The Balaban J connectivity index is 0.000000538. The third-order valence-electron chi connectivity index (χ3n) is 5.08. The molecule has 1 aromatic heterocycles. The van der Waals surface area contributed by atoms with Gasteiger partial charge in [-0.1, -0.05) is 36.4 Å². The average molecular weight is 495 g/mol. The molecule has 0 bridgehead atoms. The molecule has 0 amide bonds. The van der Waals surface area contributed by atoms with Gasteiger partial charge in [-0.15, -0.1) is 0 Å². The van der Waals surface area contributed by atoms with E-state index in [0.29, 0.717) is 31.2 Å². The average Bonchev–Trinajstić information content (AvgIpc) is 3.27. The van der Waals surface area contributed by atoms with Crippen LogP contribution in [0.1, 0.15) is 0 Å². The number of carboxylic acids is 2. The molecule has 0 saturated carbocycles. The number of aliphatic hydroxyl groups excluding tert-OH is 1. The Kier molecular flexibility index (Phi) is 9.49. The molecule has 1 heterocycles. The highest BCUT2D eigenvalue weighted by molar-refractivity contribution is 6.25. The number of carbonyl (C=O) groups excluding carboxylic acids is 2. The van der Waals surface area contributed by atoms with Gasteiger partial charge in [-0.3, -0.25) is 0 Å². The summed E-state index contributed by atoms with van der Waals surface area (Å²) < 4.78 is 16.9. The Bertz CT molecular complexity index is 1290. The molecule has 3 aromatic carbocycles. The summed E-state index contributed by atoms with van der Waals surface area (Å²) in [6.07, 6.45) is -0.628. The van der Waals surface area contributed by atoms with Gasteiger partial charge in [-0.2, -0.15) is 0 Å². The fourth-order valence-corrected chi connectivity index (χ4v) is 3.47. The first-order valence-electron chi connectivity index (χ1n) is 11.1. The highest BCUT2D eigenvalue weighted by Gasteiger charge is 2.11. The molecule has 4 rings (SSSR count). The van der Waals surface area contributed by atoms with Gasteiger partial charge >= 0.3 is 0 Å². The second kappa shape index (κ2) is 13.0. The van der Waals surface area contributed by atoms with Gasteiger partial charge in [0.15, 0.2) is 11.5 Å². The Morgan fingerprint density at radius 1 is 0.889 bits per heavy atom. The molecule has 0 saturated heterocycles. The topological polar surface area (TPSA) is 156 Å². The Morgan fingerprint density at radius 3 is 2.25 bits per heavy atom. The number of aliphatic hydroxyl groups is 1. The second-order valence-electron chi connectivity index (χ2n) is 7.59. The van der Waals surface area contributed by atoms with Crippen LogP contribution in [0.25, 0.3) is 21.8 Å². The van der Waals surface area contributed by atoms with Crippen LogP contribution in [0.15, 0.2) is 66.7 Å². The highest BCUT2D eigenvalue weighted by atomic mass is 16.5. The lowest BCUT2D eigenvalue weighted by atomic mass is 10.1. The van der Waals surface area contributed by atoms with Crippen LogP contribution in [-0.2, 0) is 9.59 Å². The number of aromatic amines is 1. The molecule has 1 unspecified atom stereocenters. The predicted molar refractivity (Wildman–Crippen MR) is 129 cm³/mol. The van der Waals surface area contributed by atoms with Crippen molar-refractivity contribution < 1.29 is 39.1 Å². The maximum absolute atomic E-state index is 10.3. The van der Waals surface area contributed by atoms with Crippen molar-refractivity contribution in [2.75, 3.05) is 33.4 Å². The van der Waals surface area contributed by atoms with Gasteiger partial charge in [0.2, 0.25) is 0 Å². The number of hydrogen-bond donors (Lipinski definition) is 3. The molecule has 0 radical (unpaired) electrons. The number of H-pyrrole nitrogens is 1. The monoisotopic (exact) mass is 494 g/mol. The third-order valence-corrected chi connectivity index (χ3v) is 5.08. The summed E-state index contributed by atoms with van der Waals surface area (Å²) in [5, 5.41) is 33.5. The molecule has 0 aliphatic heterocycles. The van der Waals surface area contributed by atoms with Gasteiger partial charge in [-0.05, 0) is 30.3 Å². The van der Waals surface area contributed by atoms with E-state index in [1.165, 1.54) is 0 Å². The Hall–Kier alpha value is -4.28. The molecule has 10 heteroatoms. The molecule has 36 heavy (non-hydrogen) atoms. The van der Waals surface area contributed by atoms with E-state index < -0.39 is 18.0 Å². The smallest absolute Gasteiger partial charge is 0.161 e. The van der Waals surface area contributed by atoms with E-state index in [1.807, 2.05) is 60.7 Å².